The first-order chi connectivity index (χ1) is 10.7. The van der Waals surface area contributed by atoms with Crippen LogP contribution in [0.15, 0.2) is 54.6 Å². The maximum atomic E-state index is 5.48. The van der Waals surface area contributed by atoms with Crippen molar-refractivity contribution in [3.8, 4) is 5.75 Å². The van der Waals surface area contributed by atoms with Gasteiger partial charge < -0.3 is 9.64 Å². The second-order valence-electron chi connectivity index (χ2n) is 5.81. The first-order valence-electron chi connectivity index (χ1n) is 7.72. The lowest BCUT2D eigenvalue weighted by Crippen LogP contribution is -2.31. The van der Waals surface area contributed by atoms with E-state index in [4.69, 9.17) is 4.74 Å². The van der Waals surface area contributed by atoms with Gasteiger partial charge in [-0.05, 0) is 25.7 Å². The van der Waals surface area contributed by atoms with Gasteiger partial charge >= 0.3 is 0 Å². The van der Waals surface area contributed by atoms with E-state index in [2.05, 4.69) is 66.4 Å². The Morgan fingerprint density at radius 2 is 1.50 bits per heavy atom. The van der Waals surface area contributed by atoms with E-state index in [0.717, 1.165) is 31.9 Å². The summed E-state index contributed by atoms with van der Waals surface area (Å²) in [6, 6.07) is 18.9. The number of rotatable bonds is 8. The highest BCUT2D eigenvalue weighted by atomic mass is 16.5. The van der Waals surface area contributed by atoms with Gasteiger partial charge in [0.15, 0.2) is 0 Å². The molecule has 0 atom stereocenters. The van der Waals surface area contributed by atoms with Crippen LogP contribution >= 0.6 is 0 Å². The molecular formula is C19H26N2O. The van der Waals surface area contributed by atoms with Crippen molar-refractivity contribution in [2.75, 3.05) is 34.3 Å². The van der Waals surface area contributed by atoms with Crippen molar-refractivity contribution >= 4 is 0 Å². The number of methoxy groups -OCH3 is 1. The summed E-state index contributed by atoms with van der Waals surface area (Å²) >= 11 is 0. The quantitative estimate of drug-likeness (QED) is 0.744. The molecule has 0 aliphatic rings. The van der Waals surface area contributed by atoms with Crippen LogP contribution in [-0.2, 0) is 13.1 Å². The number of hydrogen-bond acceptors (Lipinski definition) is 3. The first-order valence-corrected chi connectivity index (χ1v) is 7.72. The number of ether oxygens (including phenoxy) is 1. The summed E-state index contributed by atoms with van der Waals surface area (Å²) in [5.74, 6) is 0.963. The lowest BCUT2D eigenvalue weighted by Gasteiger charge is -2.25. The van der Waals surface area contributed by atoms with E-state index in [1.54, 1.807) is 7.11 Å². The number of para-hydroxylation sites is 1. The van der Waals surface area contributed by atoms with E-state index < -0.39 is 0 Å². The molecule has 2 aromatic rings. The number of nitrogens with zero attached hydrogens (tertiary/aromatic N) is 2. The number of benzene rings is 2. The average molecular weight is 298 g/mol. The zero-order chi connectivity index (χ0) is 15.8. The van der Waals surface area contributed by atoms with Crippen molar-refractivity contribution in [2.45, 2.75) is 13.1 Å². The predicted octanol–water partition coefficient (Wildman–Crippen LogP) is 3.26. The molecule has 0 spiro atoms. The average Bonchev–Trinajstić information content (AvgIpc) is 2.54. The Morgan fingerprint density at radius 1 is 0.818 bits per heavy atom. The summed E-state index contributed by atoms with van der Waals surface area (Å²) < 4.78 is 5.48. The van der Waals surface area contributed by atoms with Gasteiger partial charge in [0, 0.05) is 31.7 Å². The maximum Gasteiger partial charge on any atom is 0.123 e. The van der Waals surface area contributed by atoms with Crippen LogP contribution in [0, 0.1) is 0 Å². The highest BCUT2D eigenvalue weighted by Gasteiger charge is 2.10. The topological polar surface area (TPSA) is 15.7 Å². The third kappa shape index (κ3) is 5.17. The first kappa shape index (κ1) is 16.5. The van der Waals surface area contributed by atoms with Gasteiger partial charge in [0.1, 0.15) is 5.75 Å². The molecule has 3 heteroatoms. The van der Waals surface area contributed by atoms with Gasteiger partial charge in [0.25, 0.3) is 0 Å². The predicted molar refractivity (Wildman–Crippen MR) is 92.1 cm³/mol. The third-order valence-corrected chi connectivity index (χ3v) is 3.70. The Balaban J connectivity index is 2.09. The second kappa shape index (κ2) is 8.57. The fraction of sp³-hybridized carbons (Fsp3) is 0.368. The summed E-state index contributed by atoms with van der Waals surface area (Å²) in [5, 5.41) is 0. The minimum Gasteiger partial charge on any atom is -0.496 e. The van der Waals surface area contributed by atoms with Gasteiger partial charge in [0.2, 0.25) is 0 Å². The normalized spacial score (nSPS) is 11.1. The molecule has 0 N–H and O–H groups in total. The summed E-state index contributed by atoms with van der Waals surface area (Å²) in [6.45, 7) is 3.92. The molecule has 0 saturated carbocycles. The van der Waals surface area contributed by atoms with Crippen LogP contribution in [0.4, 0.5) is 0 Å². The molecule has 0 amide bonds. The lowest BCUT2D eigenvalue weighted by atomic mass is 10.1. The third-order valence-electron chi connectivity index (χ3n) is 3.70. The Morgan fingerprint density at radius 3 is 2.18 bits per heavy atom. The van der Waals surface area contributed by atoms with E-state index in [9.17, 15) is 0 Å². The van der Waals surface area contributed by atoms with Crippen molar-refractivity contribution in [1.82, 2.24) is 9.80 Å². The van der Waals surface area contributed by atoms with Gasteiger partial charge in [0.05, 0.1) is 7.11 Å². The molecule has 0 aliphatic heterocycles. The van der Waals surface area contributed by atoms with Crippen LogP contribution < -0.4 is 4.74 Å². The Hall–Kier alpha value is -1.84. The van der Waals surface area contributed by atoms with Crippen LogP contribution in [-0.4, -0.2) is 44.1 Å². The molecular weight excluding hydrogens is 272 g/mol. The Kier molecular flexibility index (Phi) is 6.44. The van der Waals surface area contributed by atoms with Gasteiger partial charge in [-0.1, -0.05) is 48.5 Å². The van der Waals surface area contributed by atoms with Crippen molar-refractivity contribution in [3.05, 3.63) is 65.7 Å². The molecule has 0 bridgehead atoms. The van der Waals surface area contributed by atoms with E-state index in [1.165, 1.54) is 11.1 Å². The molecule has 2 rings (SSSR count). The van der Waals surface area contributed by atoms with Crippen molar-refractivity contribution in [2.24, 2.45) is 0 Å². The maximum absolute atomic E-state index is 5.48. The van der Waals surface area contributed by atoms with Gasteiger partial charge in [-0.15, -0.1) is 0 Å². The summed E-state index contributed by atoms with van der Waals surface area (Å²) in [6.07, 6.45) is 0. The SMILES string of the molecule is COc1ccccc1CN(CCN(C)C)Cc1ccccc1. The van der Waals surface area contributed by atoms with Gasteiger partial charge in [-0.25, -0.2) is 0 Å². The molecule has 2 aromatic carbocycles. The van der Waals surface area contributed by atoms with Crippen LogP contribution in [0.3, 0.4) is 0 Å². The van der Waals surface area contributed by atoms with Crippen molar-refractivity contribution < 1.29 is 4.74 Å². The summed E-state index contributed by atoms with van der Waals surface area (Å²) in [5.41, 5.74) is 2.58. The zero-order valence-electron chi connectivity index (χ0n) is 13.8. The molecule has 0 aromatic heterocycles. The van der Waals surface area contributed by atoms with E-state index in [-0.39, 0.29) is 0 Å². The summed E-state index contributed by atoms with van der Waals surface area (Å²) in [7, 11) is 5.97. The molecule has 0 heterocycles. The van der Waals surface area contributed by atoms with E-state index in [0.29, 0.717) is 0 Å². The zero-order valence-corrected chi connectivity index (χ0v) is 13.8. The minimum atomic E-state index is 0.896. The molecule has 0 saturated heterocycles. The largest absolute Gasteiger partial charge is 0.496 e. The molecule has 0 fully saturated rings. The molecule has 22 heavy (non-hydrogen) atoms. The van der Waals surface area contributed by atoms with Gasteiger partial charge in [-0.2, -0.15) is 0 Å². The van der Waals surface area contributed by atoms with Crippen LogP contribution in [0.5, 0.6) is 5.75 Å². The molecule has 3 nitrogen and oxygen atoms in total. The number of likely N-dealkylation sites (N-methyl/N-ethyl adjacent to an activating group) is 1. The minimum absolute atomic E-state index is 0.896. The lowest BCUT2D eigenvalue weighted by molar-refractivity contribution is 0.223. The molecule has 0 unspecified atom stereocenters. The van der Waals surface area contributed by atoms with Crippen LogP contribution in [0.2, 0.25) is 0 Å². The standard InChI is InChI=1S/C19H26N2O/c1-20(2)13-14-21(15-17-9-5-4-6-10-17)16-18-11-7-8-12-19(18)22-3/h4-12H,13-16H2,1-3H3. The Labute approximate surface area is 134 Å². The van der Waals surface area contributed by atoms with Crippen molar-refractivity contribution in [1.29, 1.82) is 0 Å². The smallest absolute Gasteiger partial charge is 0.123 e. The molecule has 0 radical (unpaired) electrons. The fourth-order valence-electron chi connectivity index (χ4n) is 2.47. The number of hydrogen-bond donors (Lipinski definition) is 0. The second-order valence-corrected chi connectivity index (χ2v) is 5.81. The fourth-order valence-corrected chi connectivity index (χ4v) is 2.47. The van der Waals surface area contributed by atoms with E-state index in [1.807, 2.05) is 12.1 Å². The Bertz CT molecular complexity index is 554. The summed E-state index contributed by atoms with van der Waals surface area (Å²) in [4.78, 5) is 4.69. The van der Waals surface area contributed by atoms with Crippen molar-refractivity contribution in [3.63, 3.8) is 0 Å². The molecule has 118 valence electrons. The monoisotopic (exact) mass is 298 g/mol. The van der Waals surface area contributed by atoms with Crippen LogP contribution in [0.1, 0.15) is 11.1 Å². The van der Waals surface area contributed by atoms with Gasteiger partial charge in [-0.3, -0.25) is 4.90 Å². The van der Waals surface area contributed by atoms with Crippen LogP contribution in [0.25, 0.3) is 0 Å². The highest BCUT2D eigenvalue weighted by molar-refractivity contribution is 5.33. The highest BCUT2D eigenvalue weighted by Crippen LogP contribution is 2.20. The molecule has 0 aliphatic carbocycles. The van der Waals surface area contributed by atoms with E-state index >= 15 is 0 Å².